The van der Waals surface area contributed by atoms with Crippen molar-refractivity contribution in [2.75, 3.05) is 12.8 Å². The zero-order valence-corrected chi connectivity index (χ0v) is 13.2. The van der Waals surface area contributed by atoms with Gasteiger partial charge in [-0.05, 0) is 25.1 Å². The quantitative estimate of drug-likeness (QED) is 0.829. The number of carboxylic acids is 1. The third kappa shape index (κ3) is 4.14. The van der Waals surface area contributed by atoms with Crippen molar-refractivity contribution in [2.45, 2.75) is 18.4 Å². The number of hydrogen-bond donors (Lipinski definition) is 1. The molecular formula is C16H17NO4S. The van der Waals surface area contributed by atoms with Crippen LogP contribution in [0.25, 0.3) is 0 Å². The Morgan fingerprint density at radius 2 is 1.95 bits per heavy atom. The van der Waals surface area contributed by atoms with Gasteiger partial charge in [0.2, 0.25) is 5.91 Å². The average Bonchev–Trinajstić information content (AvgIpc) is 2.86. The predicted molar refractivity (Wildman–Crippen MR) is 84.0 cm³/mol. The van der Waals surface area contributed by atoms with Gasteiger partial charge < -0.3 is 14.4 Å². The molecule has 1 aromatic heterocycles. The van der Waals surface area contributed by atoms with Crippen molar-refractivity contribution < 1.29 is 19.1 Å². The number of carbonyl (C=O) groups is 2. The molecule has 1 heterocycles. The summed E-state index contributed by atoms with van der Waals surface area (Å²) in [5.41, 5.74) is 0.134. The van der Waals surface area contributed by atoms with E-state index in [-0.39, 0.29) is 18.0 Å². The molecule has 1 N–H and O–H groups in total. The summed E-state index contributed by atoms with van der Waals surface area (Å²) >= 11 is 1.46. The van der Waals surface area contributed by atoms with E-state index < -0.39 is 5.97 Å². The smallest absolute Gasteiger partial charge is 0.339 e. The van der Waals surface area contributed by atoms with Gasteiger partial charge in [-0.2, -0.15) is 0 Å². The normalized spacial score (nSPS) is 10.5. The van der Waals surface area contributed by atoms with E-state index in [0.717, 1.165) is 4.90 Å². The van der Waals surface area contributed by atoms with E-state index in [9.17, 15) is 9.59 Å². The van der Waals surface area contributed by atoms with Crippen molar-refractivity contribution in [3.05, 3.63) is 53.5 Å². The van der Waals surface area contributed by atoms with Gasteiger partial charge in [0.1, 0.15) is 17.1 Å². The van der Waals surface area contributed by atoms with E-state index in [4.69, 9.17) is 9.52 Å². The molecule has 5 nitrogen and oxygen atoms in total. The van der Waals surface area contributed by atoms with Crippen molar-refractivity contribution in [1.29, 1.82) is 0 Å². The Morgan fingerprint density at radius 3 is 2.55 bits per heavy atom. The molecule has 0 unspecified atom stereocenters. The predicted octanol–water partition coefficient (Wildman–Crippen LogP) is 3.04. The SMILES string of the molecule is Cc1oc(CN(C)C(=O)CSc2ccccc2)cc1C(=O)O. The molecule has 0 saturated carbocycles. The Bertz CT molecular complexity index is 666. The molecule has 0 bridgehead atoms. The van der Waals surface area contributed by atoms with Gasteiger partial charge in [0.15, 0.2) is 0 Å². The van der Waals surface area contributed by atoms with Crippen LogP contribution in [0, 0.1) is 6.92 Å². The topological polar surface area (TPSA) is 70.8 Å². The van der Waals surface area contributed by atoms with Crippen LogP contribution in [0.2, 0.25) is 0 Å². The molecule has 0 saturated heterocycles. The highest BCUT2D eigenvalue weighted by atomic mass is 32.2. The fourth-order valence-electron chi connectivity index (χ4n) is 1.93. The number of hydrogen-bond acceptors (Lipinski definition) is 4. The number of furan rings is 1. The first-order valence-electron chi connectivity index (χ1n) is 6.72. The van der Waals surface area contributed by atoms with E-state index in [1.54, 1.807) is 14.0 Å². The Morgan fingerprint density at radius 1 is 1.27 bits per heavy atom. The van der Waals surface area contributed by atoms with Crippen LogP contribution in [-0.4, -0.2) is 34.7 Å². The Balaban J connectivity index is 1.91. The zero-order valence-electron chi connectivity index (χ0n) is 12.4. The number of carboxylic acid groups (broad SMARTS) is 1. The Kier molecular flexibility index (Phi) is 5.27. The van der Waals surface area contributed by atoms with E-state index in [1.165, 1.54) is 22.7 Å². The number of nitrogens with zero attached hydrogens (tertiary/aromatic N) is 1. The summed E-state index contributed by atoms with van der Waals surface area (Å²) in [7, 11) is 1.67. The largest absolute Gasteiger partial charge is 0.478 e. The molecule has 0 radical (unpaired) electrons. The average molecular weight is 319 g/mol. The van der Waals surface area contributed by atoms with Crippen molar-refractivity contribution in [3.63, 3.8) is 0 Å². The van der Waals surface area contributed by atoms with Crippen LogP contribution in [-0.2, 0) is 11.3 Å². The minimum atomic E-state index is -1.03. The summed E-state index contributed by atoms with van der Waals surface area (Å²) in [6.45, 7) is 1.85. The van der Waals surface area contributed by atoms with Gasteiger partial charge >= 0.3 is 5.97 Å². The van der Waals surface area contributed by atoms with Gasteiger partial charge in [0.25, 0.3) is 0 Å². The fourth-order valence-corrected chi connectivity index (χ4v) is 2.79. The standard InChI is InChI=1S/C16H17NO4S/c1-11-14(16(19)20)8-12(21-11)9-17(2)15(18)10-22-13-6-4-3-5-7-13/h3-8H,9-10H2,1-2H3,(H,19,20). The molecular weight excluding hydrogens is 302 g/mol. The second kappa shape index (κ2) is 7.17. The molecule has 0 fully saturated rings. The second-order valence-corrected chi connectivity index (χ2v) is 5.89. The van der Waals surface area contributed by atoms with Crippen LogP contribution < -0.4 is 0 Å². The lowest BCUT2D eigenvalue weighted by atomic mass is 10.2. The molecule has 0 aliphatic rings. The molecule has 1 amide bonds. The Hall–Kier alpha value is -2.21. The maximum Gasteiger partial charge on any atom is 0.339 e. The van der Waals surface area contributed by atoms with Crippen LogP contribution in [0.4, 0.5) is 0 Å². The highest BCUT2D eigenvalue weighted by molar-refractivity contribution is 8.00. The molecule has 1 aromatic carbocycles. The molecule has 0 atom stereocenters. The number of aryl methyl sites for hydroxylation is 1. The molecule has 0 spiro atoms. The molecule has 6 heteroatoms. The zero-order chi connectivity index (χ0) is 16.1. The van der Waals surface area contributed by atoms with Crippen LogP contribution in [0.15, 0.2) is 45.7 Å². The summed E-state index contributed by atoms with van der Waals surface area (Å²) < 4.78 is 5.38. The summed E-state index contributed by atoms with van der Waals surface area (Å²) in [4.78, 5) is 25.6. The van der Waals surface area contributed by atoms with E-state index in [0.29, 0.717) is 17.3 Å². The summed E-state index contributed by atoms with van der Waals surface area (Å²) in [5.74, 6) is 0.0739. The summed E-state index contributed by atoms with van der Waals surface area (Å²) in [5, 5.41) is 8.99. The first kappa shape index (κ1) is 16.2. The Labute approximate surface area is 132 Å². The van der Waals surface area contributed by atoms with Crippen LogP contribution in [0.1, 0.15) is 21.9 Å². The first-order chi connectivity index (χ1) is 10.5. The number of rotatable bonds is 6. The summed E-state index contributed by atoms with van der Waals surface area (Å²) in [6, 6.07) is 11.1. The number of carbonyl (C=O) groups excluding carboxylic acids is 1. The minimum Gasteiger partial charge on any atom is -0.478 e. The van der Waals surface area contributed by atoms with Gasteiger partial charge in [-0.25, -0.2) is 4.79 Å². The minimum absolute atomic E-state index is 0.0419. The lowest BCUT2D eigenvalue weighted by molar-refractivity contribution is -0.127. The van der Waals surface area contributed by atoms with Crippen molar-refractivity contribution >= 4 is 23.6 Å². The van der Waals surface area contributed by atoms with Gasteiger partial charge in [0, 0.05) is 11.9 Å². The van der Waals surface area contributed by atoms with Gasteiger partial charge in [-0.1, -0.05) is 18.2 Å². The third-order valence-electron chi connectivity index (χ3n) is 3.12. The van der Waals surface area contributed by atoms with Gasteiger partial charge in [0.05, 0.1) is 12.3 Å². The first-order valence-corrected chi connectivity index (χ1v) is 7.70. The fraction of sp³-hybridized carbons (Fsp3) is 0.250. The van der Waals surface area contributed by atoms with E-state index >= 15 is 0 Å². The number of aromatic carboxylic acids is 1. The van der Waals surface area contributed by atoms with Crippen molar-refractivity contribution in [1.82, 2.24) is 4.90 Å². The highest BCUT2D eigenvalue weighted by Gasteiger charge is 2.16. The lowest BCUT2D eigenvalue weighted by Crippen LogP contribution is -2.27. The second-order valence-electron chi connectivity index (χ2n) is 4.84. The van der Waals surface area contributed by atoms with Gasteiger partial charge in [-0.15, -0.1) is 11.8 Å². The van der Waals surface area contributed by atoms with Gasteiger partial charge in [-0.3, -0.25) is 4.79 Å². The van der Waals surface area contributed by atoms with Crippen LogP contribution >= 0.6 is 11.8 Å². The number of thioether (sulfide) groups is 1. The van der Waals surface area contributed by atoms with Crippen LogP contribution in [0.5, 0.6) is 0 Å². The lowest BCUT2D eigenvalue weighted by Gasteiger charge is -2.15. The molecule has 2 aromatic rings. The highest BCUT2D eigenvalue weighted by Crippen LogP contribution is 2.19. The monoisotopic (exact) mass is 319 g/mol. The number of amides is 1. The van der Waals surface area contributed by atoms with E-state index in [1.807, 2.05) is 30.3 Å². The molecule has 0 aliphatic carbocycles. The maximum atomic E-state index is 12.1. The molecule has 22 heavy (non-hydrogen) atoms. The molecule has 0 aliphatic heterocycles. The maximum absolute atomic E-state index is 12.1. The molecule has 2 rings (SSSR count). The van der Waals surface area contributed by atoms with Crippen molar-refractivity contribution in [2.24, 2.45) is 0 Å². The third-order valence-corrected chi connectivity index (χ3v) is 4.12. The molecule has 116 valence electrons. The van der Waals surface area contributed by atoms with Crippen molar-refractivity contribution in [3.8, 4) is 0 Å². The van der Waals surface area contributed by atoms with Crippen LogP contribution in [0.3, 0.4) is 0 Å². The number of benzene rings is 1. The summed E-state index contributed by atoms with van der Waals surface area (Å²) in [6.07, 6.45) is 0. The van der Waals surface area contributed by atoms with E-state index in [2.05, 4.69) is 0 Å².